The van der Waals surface area contributed by atoms with Crippen LogP contribution >= 0.6 is 0 Å². The van der Waals surface area contributed by atoms with Crippen LogP contribution in [0.3, 0.4) is 0 Å². The van der Waals surface area contributed by atoms with E-state index in [1.807, 2.05) is 13.2 Å². The smallest absolute Gasteiger partial charge is 0.311 e. The van der Waals surface area contributed by atoms with E-state index in [1.165, 1.54) is 7.11 Å². The number of aromatic nitrogens is 2. The Morgan fingerprint density at radius 3 is 2.65 bits per heavy atom. The van der Waals surface area contributed by atoms with Crippen LogP contribution in [0.25, 0.3) is 11.1 Å². The minimum absolute atomic E-state index is 0.0524. The molecule has 1 aliphatic rings. The number of nitro groups is 1. The normalized spacial score (nSPS) is 14.8. The first-order chi connectivity index (χ1) is 11.1. The molecule has 1 aromatic heterocycles. The molecule has 0 atom stereocenters. The van der Waals surface area contributed by atoms with Gasteiger partial charge in [0.2, 0.25) is 0 Å². The molecule has 1 saturated heterocycles. The number of aryl methyl sites for hydroxylation is 1. The van der Waals surface area contributed by atoms with Gasteiger partial charge < -0.3 is 14.4 Å². The van der Waals surface area contributed by atoms with Gasteiger partial charge in [-0.25, -0.2) is 0 Å². The van der Waals surface area contributed by atoms with Crippen LogP contribution < -0.4 is 9.64 Å². The molecule has 0 N–H and O–H groups in total. The average Bonchev–Trinajstić information content (AvgIpc) is 3.00. The van der Waals surface area contributed by atoms with Gasteiger partial charge in [-0.1, -0.05) is 0 Å². The predicted octanol–water partition coefficient (Wildman–Crippen LogP) is 1.84. The first-order valence-corrected chi connectivity index (χ1v) is 7.28. The molecule has 8 heteroatoms. The van der Waals surface area contributed by atoms with Crippen LogP contribution in [-0.4, -0.2) is 48.1 Å². The number of rotatable bonds is 4. The van der Waals surface area contributed by atoms with Gasteiger partial charge in [-0.3, -0.25) is 14.8 Å². The molecule has 0 saturated carbocycles. The Hall–Kier alpha value is -2.61. The van der Waals surface area contributed by atoms with Crippen molar-refractivity contribution in [3.05, 3.63) is 34.6 Å². The standard InChI is InChI=1S/C15H18N4O4/c1-17-10-11(9-16-17)12-7-14(19(20)21)15(22-2)8-13(12)18-3-5-23-6-4-18/h7-10H,3-6H2,1-2H3. The number of hydrogen-bond acceptors (Lipinski definition) is 6. The highest BCUT2D eigenvalue weighted by Crippen LogP contribution is 2.40. The second kappa shape index (κ2) is 6.25. The maximum Gasteiger partial charge on any atom is 0.311 e. The number of methoxy groups -OCH3 is 1. The minimum atomic E-state index is -0.429. The van der Waals surface area contributed by atoms with E-state index in [4.69, 9.17) is 9.47 Å². The first kappa shape index (κ1) is 15.3. The van der Waals surface area contributed by atoms with Crippen LogP contribution in [0.4, 0.5) is 11.4 Å². The summed E-state index contributed by atoms with van der Waals surface area (Å²) in [5, 5.41) is 15.5. The number of anilines is 1. The summed E-state index contributed by atoms with van der Waals surface area (Å²) in [4.78, 5) is 13.1. The summed E-state index contributed by atoms with van der Waals surface area (Å²) in [6.07, 6.45) is 3.55. The van der Waals surface area contributed by atoms with Crippen molar-refractivity contribution in [1.82, 2.24) is 9.78 Å². The van der Waals surface area contributed by atoms with Crippen LogP contribution in [0.1, 0.15) is 0 Å². The van der Waals surface area contributed by atoms with Crippen LogP contribution in [0.15, 0.2) is 24.5 Å². The lowest BCUT2D eigenvalue weighted by Gasteiger charge is -2.30. The number of nitrogens with zero attached hydrogens (tertiary/aromatic N) is 4. The Kier molecular flexibility index (Phi) is 4.16. The Balaban J connectivity index is 2.16. The molecule has 1 aliphatic heterocycles. The van der Waals surface area contributed by atoms with Crippen molar-refractivity contribution in [2.24, 2.45) is 7.05 Å². The Labute approximate surface area is 133 Å². The van der Waals surface area contributed by atoms with Crippen molar-refractivity contribution >= 4 is 11.4 Å². The molecule has 0 amide bonds. The SMILES string of the molecule is COc1cc(N2CCOCC2)c(-c2cnn(C)c2)cc1[N+](=O)[O-]. The van der Waals surface area contributed by atoms with Gasteiger partial charge in [0.1, 0.15) is 0 Å². The molecular weight excluding hydrogens is 300 g/mol. The van der Waals surface area contributed by atoms with Gasteiger partial charge in [-0.2, -0.15) is 5.10 Å². The van der Waals surface area contributed by atoms with E-state index in [0.717, 1.165) is 29.9 Å². The van der Waals surface area contributed by atoms with Crippen molar-refractivity contribution in [2.45, 2.75) is 0 Å². The van der Waals surface area contributed by atoms with Crippen LogP contribution in [0, 0.1) is 10.1 Å². The molecule has 1 aromatic carbocycles. The van der Waals surface area contributed by atoms with E-state index in [0.29, 0.717) is 13.2 Å². The summed E-state index contributed by atoms with van der Waals surface area (Å²) in [6, 6.07) is 3.28. The predicted molar refractivity (Wildman–Crippen MR) is 84.9 cm³/mol. The largest absolute Gasteiger partial charge is 0.490 e. The molecule has 3 rings (SSSR count). The molecule has 0 aliphatic carbocycles. The van der Waals surface area contributed by atoms with E-state index < -0.39 is 4.92 Å². The number of hydrogen-bond donors (Lipinski definition) is 0. The fraction of sp³-hybridized carbons (Fsp3) is 0.400. The van der Waals surface area contributed by atoms with E-state index in [-0.39, 0.29) is 11.4 Å². The second-order valence-electron chi connectivity index (χ2n) is 5.30. The highest BCUT2D eigenvalue weighted by atomic mass is 16.6. The summed E-state index contributed by atoms with van der Waals surface area (Å²) in [5.74, 6) is 0.254. The van der Waals surface area contributed by atoms with Gasteiger partial charge in [0.15, 0.2) is 5.75 Å². The molecule has 2 aromatic rings. The van der Waals surface area contributed by atoms with Gasteiger partial charge >= 0.3 is 5.69 Å². The summed E-state index contributed by atoms with van der Waals surface area (Å²) < 4.78 is 12.3. The highest BCUT2D eigenvalue weighted by Gasteiger charge is 2.24. The lowest BCUT2D eigenvalue weighted by molar-refractivity contribution is -0.385. The monoisotopic (exact) mass is 318 g/mol. The van der Waals surface area contributed by atoms with E-state index >= 15 is 0 Å². The number of nitro benzene ring substituents is 1. The van der Waals surface area contributed by atoms with Crippen molar-refractivity contribution in [3.8, 4) is 16.9 Å². The second-order valence-corrected chi connectivity index (χ2v) is 5.30. The zero-order valence-corrected chi connectivity index (χ0v) is 13.1. The lowest BCUT2D eigenvalue weighted by Crippen LogP contribution is -2.36. The molecule has 0 spiro atoms. The Bertz CT molecular complexity index is 722. The minimum Gasteiger partial charge on any atom is -0.490 e. The topological polar surface area (TPSA) is 82.7 Å². The van der Waals surface area contributed by atoms with Crippen molar-refractivity contribution in [2.75, 3.05) is 38.3 Å². The molecule has 1 fully saturated rings. The van der Waals surface area contributed by atoms with Gasteiger partial charge in [0.05, 0.1) is 31.4 Å². The fourth-order valence-electron chi connectivity index (χ4n) is 2.72. The summed E-state index contributed by atoms with van der Waals surface area (Å²) in [5.41, 5.74) is 2.44. The summed E-state index contributed by atoms with van der Waals surface area (Å²) in [7, 11) is 3.25. The van der Waals surface area contributed by atoms with Gasteiger partial charge in [-0.15, -0.1) is 0 Å². The quantitative estimate of drug-likeness (QED) is 0.632. The molecular formula is C15H18N4O4. The Morgan fingerprint density at radius 1 is 1.35 bits per heavy atom. The van der Waals surface area contributed by atoms with Crippen molar-refractivity contribution in [3.63, 3.8) is 0 Å². The van der Waals surface area contributed by atoms with Gasteiger partial charge in [-0.05, 0) is 0 Å². The third-order valence-corrected chi connectivity index (χ3v) is 3.86. The summed E-state index contributed by atoms with van der Waals surface area (Å²) >= 11 is 0. The van der Waals surface area contributed by atoms with E-state index in [2.05, 4.69) is 10.00 Å². The molecule has 0 unspecified atom stereocenters. The van der Waals surface area contributed by atoms with E-state index in [1.54, 1.807) is 23.0 Å². The van der Waals surface area contributed by atoms with Gasteiger partial charge in [0.25, 0.3) is 0 Å². The molecule has 122 valence electrons. The molecule has 2 heterocycles. The summed E-state index contributed by atoms with van der Waals surface area (Å²) in [6.45, 7) is 2.72. The average molecular weight is 318 g/mol. The highest BCUT2D eigenvalue weighted by molar-refractivity contribution is 5.82. The maximum absolute atomic E-state index is 11.3. The van der Waals surface area contributed by atoms with E-state index in [9.17, 15) is 10.1 Å². The van der Waals surface area contributed by atoms with Crippen LogP contribution in [0.5, 0.6) is 5.75 Å². The number of morpholine rings is 1. The lowest BCUT2D eigenvalue weighted by atomic mass is 10.0. The Morgan fingerprint density at radius 2 is 2.09 bits per heavy atom. The zero-order chi connectivity index (χ0) is 16.4. The fourth-order valence-corrected chi connectivity index (χ4v) is 2.72. The molecule has 0 bridgehead atoms. The third kappa shape index (κ3) is 2.98. The molecule has 23 heavy (non-hydrogen) atoms. The molecule has 8 nitrogen and oxygen atoms in total. The van der Waals surface area contributed by atoms with Crippen LogP contribution in [0.2, 0.25) is 0 Å². The van der Waals surface area contributed by atoms with Gasteiger partial charge in [0, 0.05) is 55.3 Å². The molecule has 0 radical (unpaired) electrons. The van der Waals surface area contributed by atoms with Crippen molar-refractivity contribution in [1.29, 1.82) is 0 Å². The third-order valence-electron chi connectivity index (χ3n) is 3.86. The first-order valence-electron chi connectivity index (χ1n) is 7.28. The van der Waals surface area contributed by atoms with Crippen LogP contribution in [-0.2, 0) is 11.8 Å². The zero-order valence-electron chi connectivity index (χ0n) is 13.1. The maximum atomic E-state index is 11.3. The number of benzene rings is 1. The van der Waals surface area contributed by atoms with Crippen molar-refractivity contribution < 1.29 is 14.4 Å². The number of ether oxygens (including phenoxy) is 2.